The third-order valence-electron chi connectivity index (χ3n) is 6.20. The minimum absolute atomic E-state index is 0.0663. The molecule has 1 aliphatic carbocycles. The molecule has 1 aromatic heterocycles. The fourth-order valence-electron chi connectivity index (χ4n) is 4.66. The normalized spacial score (nSPS) is 21.4. The molecule has 2 aromatic carbocycles. The van der Waals surface area contributed by atoms with E-state index >= 15 is 0 Å². The minimum atomic E-state index is -0.493. The van der Waals surface area contributed by atoms with Crippen molar-refractivity contribution in [2.45, 2.75) is 44.2 Å². The fraction of sp³-hybridized carbons (Fsp3) is 0.333. The van der Waals surface area contributed by atoms with Crippen LogP contribution in [-0.2, 0) is 6.42 Å². The van der Waals surface area contributed by atoms with Crippen molar-refractivity contribution < 1.29 is 14.6 Å². The summed E-state index contributed by atoms with van der Waals surface area (Å²) in [6, 6.07) is 13.5. The summed E-state index contributed by atoms with van der Waals surface area (Å²) in [6.07, 6.45) is 5.46. The van der Waals surface area contributed by atoms with Crippen molar-refractivity contribution >= 4 is 28.3 Å². The number of hydrogen-bond donors (Lipinski definition) is 1. The van der Waals surface area contributed by atoms with Crippen molar-refractivity contribution in [1.29, 1.82) is 0 Å². The second kappa shape index (κ2) is 7.89. The van der Waals surface area contributed by atoms with E-state index in [1.807, 2.05) is 30.3 Å². The number of pyridine rings is 1. The quantitative estimate of drug-likeness (QED) is 0.628. The summed E-state index contributed by atoms with van der Waals surface area (Å²) >= 11 is 5.93. The topological polar surface area (TPSA) is 62.7 Å². The molecule has 0 saturated heterocycles. The smallest absolute Gasteiger partial charge is 0.260 e. The second-order valence-electron chi connectivity index (χ2n) is 8.09. The molecular weight excluding hydrogens is 400 g/mol. The largest absolute Gasteiger partial charge is 0.472 e. The number of fused-ring (bicyclic) bond motifs is 3. The van der Waals surface area contributed by atoms with Gasteiger partial charge in [0.1, 0.15) is 10.9 Å². The molecule has 1 saturated carbocycles. The van der Waals surface area contributed by atoms with Crippen molar-refractivity contribution in [1.82, 2.24) is 9.88 Å². The molecule has 154 valence electrons. The van der Waals surface area contributed by atoms with E-state index in [1.54, 1.807) is 17.2 Å². The van der Waals surface area contributed by atoms with E-state index in [9.17, 15) is 9.90 Å². The maximum atomic E-state index is 13.5. The molecule has 1 fully saturated rings. The number of hydrogen-bond acceptors (Lipinski definition) is 4. The zero-order valence-corrected chi connectivity index (χ0v) is 17.3. The van der Waals surface area contributed by atoms with Gasteiger partial charge in [-0.3, -0.25) is 9.69 Å². The average molecular weight is 423 g/mol. The van der Waals surface area contributed by atoms with Crippen LogP contribution in [0.1, 0.15) is 47.2 Å². The maximum absolute atomic E-state index is 13.5. The Kier molecular flexibility index (Phi) is 5.09. The van der Waals surface area contributed by atoms with E-state index in [2.05, 4.69) is 11.1 Å². The lowest BCUT2D eigenvalue weighted by molar-refractivity contribution is -0.0120. The summed E-state index contributed by atoms with van der Waals surface area (Å²) in [5.41, 5.74) is 2.62. The van der Waals surface area contributed by atoms with Crippen molar-refractivity contribution in [2.24, 2.45) is 0 Å². The Morgan fingerprint density at radius 1 is 1.13 bits per heavy atom. The summed E-state index contributed by atoms with van der Waals surface area (Å²) in [6.45, 7) is 0.179. The van der Waals surface area contributed by atoms with Crippen molar-refractivity contribution in [3.05, 3.63) is 70.5 Å². The van der Waals surface area contributed by atoms with Crippen LogP contribution in [0.25, 0.3) is 10.8 Å². The fourth-order valence-corrected chi connectivity index (χ4v) is 4.78. The van der Waals surface area contributed by atoms with Gasteiger partial charge in [-0.15, -0.1) is 0 Å². The lowest BCUT2D eigenvalue weighted by Gasteiger charge is -2.40. The van der Waals surface area contributed by atoms with Gasteiger partial charge in [0, 0.05) is 11.6 Å². The van der Waals surface area contributed by atoms with Gasteiger partial charge in [0.05, 0.1) is 17.7 Å². The summed E-state index contributed by atoms with van der Waals surface area (Å²) in [7, 11) is 0. The molecule has 30 heavy (non-hydrogen) atoms. The summed E-state index contributed by atoms with van der Waals surface area (Å²) in [5, 5.41) is 12.9. The molecule has 6 heteroatoms. The van der Waals surface area contributed by atoms with Crippen LogP contribution in [0, 0.1) is 0 Å². The van der Waals surface area contributed by atoms with E-state index in [0.717, 1.165) is 47.6 Å². The van der Waals surface area contributed by atoms with Gasteiger partial charge in [-0.05, 0) is 47.9 Å². The van der Waals surface area contributed by atoms with E-state index in [-0.39, 0.29) is 18.7 Å². The van der Waals surface area contributed by atoms with Crippen LogP contribution < -0.4 is 4.74 Å². The molecule has 1 aliphatic heterocycles. The number of aliphatic hydroxyl groups excluding tert-OH is 1. The molecule has 2 aliphatic rings. The number of aromatic nitrogens is 1. The van der Waals surface area contributed by atoms with E-state index < -0.39 is 6.10 Å². The molecule has 0 radical (unpaired) electrons. The first kappa shape index (κ1) is 19.3. The number of aliphatic hydroxyl groups is 1. The van der Waals surface area contributed by atoms with Gasteiger partial charge in [-0.25, -0.2) is 4.98 Å². The predicted octanol–water partition coefficient (Wildman–Crippen LogP) is 4.57. The third-order valence-corrected chi connectivity index (χ3v) is 6.42. The first-order valence-corrected chi connectivity index (χ1v) is 10.8. The lowest BCUT2D eigenvalue weighted by Crippen LogP contribution is -2.51. The maximum Gasteiger partial charge on any atom is 0.260 e. The molecule has 0 bridgehead atoms. The zero-order valence-electron chi connectivity index (χ0n) is 16.6. The highest BCUT2D eigenvalue weighted by molar-refractivity contribution is 6.29. The second-order valence-corrected chi connectivity index (χ2v) is 8.48. The van der Waals surface area contributed by atoms with Crippen LogP contribution in [0.4, 0.5) is 0 Å². The molecule has 1 amide bonds. The monoisotopic (exact) mass is 422 g/mol. The lowest BCUT2D eigenvalue weighted by atomic mass is 9.90. The van der Waals surface area contributed by atoms with Crippen molar-refractivity contribution in [3.63, 3.8) is 0 Å². The van der Waals surface area contributed by atoms with Crippen LogP contribution >= 0.6 is 11.6 Å². The Morgan fingerprint density at radius 3 is 2.70 bits per heavy atom. The Bertz CT molecular complexity index is 1100. The number of benzene rings is 2. The van der Waals surface area contributed by atoms with Crippen LogP contribution in [0.3, 0.4) is 0 Å². The summed E-state index contributed by atoms with van der Waals surface area (Å²) < 4.78 is 6.11. The van der Waals surface area contributed by atoms with Gasteiger partial charge in [0.15, 0.2) is 6.73 Å². The number of ether oxygens (including phenoxy) is 1. The summed E-state index contributed by atoms with van der Waals surface area (Å²) in [5.74, 6) is 0.568. The van der Waals surface area contributed by atoms with Gasteiger partial charge in [0.2, 0.25) is 0 Å². The highest BCUT2D eigenvalue weighted by Gasteiger charge is 2.37. The molecule has 2 atom stereocenters. The first-order valence-electron chi connectivity index (χ1n) is 10.4. The molecule has 0 unspecified atom stereocenters. The number of carbonyl (C=O) groups excluding carboxylic acids is 1. The SMILES string of the molecule is O=C1c2cc(Cc3ccc(Cl)nc3)c3ccccc3c2OCN1[C@@H]1CCCC[C@H]1O. The first-order chi connectivity index (χ1) is 14.6. The van der Waals surface area contributed by atoms with Crippen molar-refractivity contribution in [3.8, 4) is 5.75 Å². The van der Waals surface area contributed by atoms with Crippen LogP contribution in [-0.4, -0.2) is 39.8 Å². The Labute approximate surface area is 180 Å². The Morgan fingerprint density at radius 2 is 1.93 bits per heavy atom. The molecular formula is C24H23ClN2O3. The molecule has 5 nitrogen and oxygen atoms in total. The van der Waals surface area contributed by atoms with Gasteiger partial charge < -0.3 is 9.84 Å². The van der Waals surface area contributed by atoms with E-state index in [4.69, 9.17) is 16.3 Å². The van der Waals surface area contributed by atoms with E-state index in [1.165, 1.54) is 0 Å². The molecule has 1 N–H and O–H groups in total. The third kappa shape index (κ3) is 3.42. The highest BCUT2D eigenvalue weighted by atomic mass is 35.5. The minimum Gasteiger partial charge on any atom is -0.472 e. The number of carbonyl (C=O) groups is 1. The van der Waals surface area contributed by atoms with Crippen LogP contribution in [0.15, 0.2) is 48.7 Å². The number of rotatable bonds is 3. The molecule has 5 rings (SSSR count). The van der Waals surface area contributed by atoms with Crippen LogP contribution in [0.5, 0.6) is 5.75 Å². The number of nitrogens with zero attached hydrogens (tertiary/aromatic N) is 2. The van der Waals surface area contributed by atoms with E-state index in [0.29, 0.717) is 22.9 Å². The van der Waals surface area contributed by atoms with Gasteiger partial charge >= 0.3 is 0 Å². The zero-order chi connectivity index (χ0) is 20.7. The summed E-state index contributed by atoms with van der Waals surface area (Å²) in [4.78, 5) is 19.3. The predicted molar refractivity (Wildman–Crippen MR) is 116 cm³/mol. The van der Waals surface area contributed by atoms with Crippen LogP contribution in [0.2, 0.25) is 5.15 Å². The molecule has 2 heterocycles. The highest BCUT2D eigenvalue weighted by Crippen LogP contribution is 2.38. The van der Waals surface area contributed by atoms with Gasteiger partial charge in [-0.1, -0.05) is 54.8 Å². The number of amides is 1. The van der Waals surface area contributed by atoms with Crippen molar-refractivity contribution in [2.75, 3.05) is 6.73 Å². The number of halogens is 1. The van der Waals surface area contributed by atoms with Gasteiger partial charge in [-0.2, -0.15) is 0 Å². The standard InChI is InChI=1S/C24H23ClN2O3/c25-22-10-9-15(13-26-22)11-16-12-19-23(18-6-2-1-5-17(16)18)30-14-27(24(19)29)20-7-3-4-8-21(20)28/h1-2,5-6,9-10,12-13,20-21,28H,3-4,7-8,11,14H2/t20-,21-/m1/s1. The Balaban J connectivity index is 1.57. The average Bonchev–Trinajstić information content (AvgIpc) is 2.77. The van der Waals surface area contributed by atoms with Gasteiger partial charge in [0.25, 0.3) is 5.91 Å². The molecule has 0 spiro atoms. The molecule has 3 aromatic rings. The Hall–Kier alpha value is -2.63.